The van der Waals surface area contributed by atoms with Crippen molar-refractivity contribution in [3.8, 4) is 11.5 Å². The minimum Gasteiger partial charge on any atom is -0.493 e. The maximum Gasteiger partial charge on any atom is 0.254 e. The predicted octanol–water partition coefficient (Wildman–Crippen LogP) is 4.53. The number of hydrogen-bond acceptors (Lipinski definition) is 3. The van der Waals surface area contributed by atoms with Gasteiger partial charge < -0.3 is 14.4 Å². The van der Waals surface area contributed by atoms with Crippen LogP contribution < -0.4 is 9.47 Å². The molecule has 0 spiro atoms. The van der Waals surface area contributed by atoms with Gasteiger partial charge in [-0.15, -0.1) is 0 Å². The van der Waals surface area contributed by atoms with Crippen molar-refractivity contribution < 1.29 is 14.3 Å². The Kier molecular flexibility index (Phi) is 6.45. The quantitative estimate of drug-likeness (QED) is 0.742. The maximum atomic E-state index is 13.0. The van der Waals surface area contributed by atoms with Crippen LogP contribution in [-0.2, 0) is 6.54 Å². The fourth-order valence-corrected chi connectivity index (χ4v) is 2.59. The highest BCUT2D eigenvalue weighted by molar-refractivity contribution is 5.95. The first-order valence-corrected chi connectivity index (χ1v) is 8.62. The Morgan fingerprint density at radius 2 is 1.68 bits per heavy atom. The van der Waals surface area contributed by atoms with Gasteiger partial charge in [0.25, 0.3) is 5.91 Å². The van der Waals surface area contributed by atoms with Crippen molar-refractivity contribution in [1.82, 2.24) is 4.90 Å². The SMILES string of the molecule is COc1cc(C(=O)N(Cc2ccccc2)C(C)C)ccc1OC(C)C. The smallest absolute Gasteiger partial charge is 0.254 e. The topological polar surface area (TPSA) is 38.8 Å². The van der Waals surface area contributed by atoms with Gasteiger partial charge in [-0.2, -0.15) is 0 Å². The fourth-order valence-electron chi connectivity index (χ4n) is 2.59. The maximum absolute atomic E-state index is 13.0. The van der Waals surface area contributed by atoms with Crippen molar-refractivity contribution in [3.63, 3.8) is 0 Å². The summed E-state index contributed by atoms with van der Waals surface area (Å²) in [6.45, 7) is 8.53. The molecule has 2 aromatic carbocycles. The average molecular weight is 341 g/mol. The van der Waals surface area contributed by atoms with Gasteiger partial charge in [0, 0.05) is 18.2 Å². The van der Waals surface area contributed by atoms with Gasteiger partial charge in [-0.25, -0.2) is 0 Å². The highest BCUT2D eigenvalue weighted by Crippen LogP contribution is 2.29. The van der Waals surface area contributed by atoms with Crippen molar-refractivity contribution in [1.29, 1.82) is 0 Å². The Labute approximate surface area is 150 Å². The molecule has 2 rings (SSSR count). The molecule has 0 atom stereocenters. The summed E-state index contributed by atoms with van der Waals surface area (Å²) in [5, 5.41) is 0. The molecule has 4 heteroatoms. The number of benzene rings is 2. The summed E-state index contributed by atoms with van der Waals surface area (Å²) in [7, 11) is 1.58. The molecule has 0 unspecified atom stereocenters. The first-order valence-electron chi connectivity index (χ1n) is 8.62. The molecule has 0 heterocycles. The molecular weight excluding hydrogens is 314 g/mol. The number of rotatable bonds is 7. The van der Waals surface area contributed by atoms with E-state index in [-0.39, 0.29) is 18.1 Å². The zero-order chi connectivity index (χ0) is 18.4. The molecule has 0 saturated heterocycles. The molecule has 4 nitrogen and oxygen atoms in total. The first kappa shape index (κ1) is 18.8. The van der Waals surface area contributed by atoms with Crippen LogP contribution in [0.1, 0.15) is 43.6 Å². The molecule has 0 saturated carbocycles. The number of methoxy groups -OCH3 is 1. The molecule has 25 heavy (non-hydrogen) atoms. The van der Waals surface area contributed by atoms with Gasteiger partial charge in [0.15, 0.2) is 11.5 Å². The van der Waals surface area contributed by atoms with E-state index < -0.39 is 0 Å². The highest BCUT2D eigenvalue weighted by Gasteiger charge is 2.21. The summed E-state index contributed by atoms with van der Waals surface area (Å²) in [6.07, 6.45) is 0.0423. The van der Waals surface area contributed by atoms with E-state index in [4.69, 9.17) is 9.47 Å². The van der Waals surface area contributed by atoms with E-state index in [1.807, 2.05) is 62.9 Å². The Morgan fingerprint density at radius 3 is 2.24 bits per heavy atom. The van der Waals surface area contributed by atoms with Crippen LogP contribution in [0.15, 0.2) is 48.5 Å². The van der Waals surface area contributed by atoms with Gasteiger partial charge in [-0.05, 0) is 51.5 Å². The van der Waals surface area contributed by atoms with Crippen LogP contribution in [0, 0.1) is 0 Å². The zero-order valence-electron chi connectivity index (χ0n) is 15.7. The van der Waals surface area contributed by atoms with Gasteiger partial charge in [-0.1, -0.05) is 30.3 Å². The summed E-state index contributed by atoms with van der Waals surface area (Å²) in [5.74, 6) is 1.20. The van der Waals surface area contributed by atoms with E-state index in [1.54, 1.807) is 25.3 Å². The number of amides is 1. The Morgan fingerprint density at radius 1 is 1.00 bits per heavy atom. The molecule has 0 aromatic heterocycles. The third-order valence-electron chi connectivity index (χ3n) is 3.85. The second kappa shape index (κ2) is 8.56. The lowest BCUT2D eigenvalue weighted by atomic mass is 10.1. The second-order valence-corrected chi connectivity index (χ2v) is 6.54. The lowest BCUT2D eigenvalue weighted by Gasteiger charge is -2.27. The molecule has 0 bridgehead atoms. The number of carbonyl (C=O) groups excluding carboxylic acids is 1. The minimum atomic E-state index is -0.0201. The molecule has 2 aromatic rings. The van der Waals surface area contributed by atoms with Gasteiger partial charge in [-0.3, -0.25) is 4.79 Å². The summed E-state index contributed by atoms with van der Waals surface area (Å²) >= 11 is 0. The van der Waals surface area contributed by atoms with Gasteiger partial charge in [0.1, 0.15) is 0 Å². The van der Waals surface area contributed by atoms with Crippen LogP contribution >= 0.6 is 0 Å². The van der Waals surface area contributed by atoms with Crippen molar-refractivity contribution in [3.05, 3.63) is 59.7 Å². The predicted molar refractivity (Wildman–Crippen MR) is 100 cm³/mol. The van der Waals surface area contributed by atoms with Gasteiger partial charge in [0.05, 0.1) is 13.2 Å². The van der Waals surface area contributed by atoms with Crippen molar-refractivity contribution in [2.24, 2.45) is 0 Å². The van der Waals surface area contributed by atoms with E-state index in [1.165, 1.54) is 0 Å². The Bertz CT molecular complexity index is 696. The van der Waals surface area contributed by atoms with E-state index in [9.17, 15) is 4.79 Å². The van der Waals surface area contributed by atoms with E-state index in [0.717, 1.165) is 5.56 Å². The van der Waals surface area contributed by atoms with Gasteiger partial charge >= 0.3 is 0 Å². The number of hydrogen-bond donors (Lipinski definition) is 0. The van der Waals surface area contributed by atoms with Crippen molar-refractivity contribution in [2.45, 2.75) is 46.4 Å². The Hall–Kier alpha value is -2.49. The summed E-state index contributed by atoms with van der Waals surface area (Å²) < 4.78 is 11.1. The summed E-state index contributed by atoms with van der Waals surface area (Å²) in [4.78, 5) is 14.9. The first-order chi connectivity index (χ1) is 11.9. The Balaban J connectivity index is 2.26. The lowest BCUT2D eigenvalue weighted by molar-refractivity contribution is 0.0690. The van der Waals surface area contributed by atoms with Crippen LogP contribution in [-0.4, -0.2) is 30.1 Å². The van der Waals surface area contributed by atoms with Crippen molar-refractivity contribution >= 4 is 5.91 Å². The number of carbonyl (C=O) groups is 1. The molecule has 0 aliphatic carbocycles. The molecule has 0 radical (unpaired) electrons. The third-order valence-corrected chi connectivity index (χ3v) is 3.85. The van der Waals surface area contributed by atoms with E-state index >= 15 is 0 Å². The number of nitrogens with zero attached hydrogens (tertiary/aromatic N) is 1. The van der Waals surface area contributed by atoms with Crippen LogP contribution in [0.5, 0.6) is 11.5 Å². The molecule has 0 N–H and O–H groups in total. The third kappa shape index (κ3) is 4.99. The van der Waals surface area contributed by atoms with Crippen LogP contribution in [0.25, 0.3) is 0 Å². The molecular formula is C21H27NO3. The molecule has 0 aliphatic heterocycles. The molecule has 134 valence electrons. The highest BCUT2D eigenvalue weighted by atomic mass is 16.5. The van der Waals surface area contributed by atoms with Crippen LogP contribution in [0.3, 0.4) is 0 Å². The minimum absolute atomic E-state index is 0.0201. The summed E-state index contributed by atoms with van der Waals surface area (Å²) in [5.41, 5.74) is 1.70. The lowest BCUT2D eigenvalue weighted by Crippen LogP contribution is -2.36. The van der Waals surface area contributed by atoms with Crippen LogP contribution in [0.2, 0.25) is 0 Å². The molecule has 0 fully saturated rings. The normalized spacial score (nSPS) is 10.8. The van der Waals surface area contributed by atoms with E-state index in [2.05, 4.69) is 0 Å². The van der Waals surface area contributed by atoms with Gasteiger partial charge in [0.2, 0.25) is 0 Å². The zero-order valence-corrected chi connectivity index (χ0v) is 15.7. The molecule has 1 amide bonds. The second-order valence-electron chi connectivity index (χ2n) is 6.54. The molecule has 0 aliphatic rings. The number of ether oxygens (including phenoxy) is 2. The van der Waals surface area contributed by atoms with Crippen LogP contribution in [0.4, 0.5) is 0 Å². The monoisotopic (exact) mass is 341 g/mol. The van der Waals surface area contributed by atoms with E-state index in [0.29, 0.717) is 23.6 Å². The average Bonchev–Trinajstić information content (AvgIpc) is 2.59. The van der Waals surface area contributed by atoms with Crippen molar-refractivity contribution in [2.75, 3.05) is 7.11 Å². The largest absolute Gasteiger partial charge is 0.493 e. The fraction of sp³-hybridized carbons (Fsp3) is 0.381. The standard InChI is InChI=1S/C21H27NO3/c1-15(2)22(14-17-9-7-6-8-10-17)21(23)18-11-12-19(25-16(3)4)20(13-18)24-5/h6-13,15-16H,14H2,1-5H3. The summed E-state index contributed by atoms with van der Waals surface area (Å²) in [6, 6.07) is 15.4.